The zero-order valence-corrected chi connectivity index (χ0v) is 14.6. The minimum atomic E-state index is -0.110. The number of rotatable bonds is 4. The third-order valence-electron chi connectivity index (χ3n) is 4.77. The maximum Gasteiger partial charge on any atom is 0.229 e. The fraction of sp³-hybridized carbons (Fsp3) is 0.444. The van der Waals surface area contributed by atoms with Crippen molar-refractivity contribution in [3.8, 4) is 5.75 Å². The summed E-state index contributed by atoms with van der Waals surface area (Å²) in [5.74, 6) is 0.885. The summed E-state index contributed by atoms with van der Waals surface area (Å²) in [6.45, 7) is 5.43. The maximum absolute atomic E-state index is 12.8. The molecule has 2 N–H and O–H groups in total. The van der Waals surface area contributed by atoms with E-state index in [9.17, 15) is 4.79 Å². The van der Waals surface area contributed by atoms with Crippen molar-refractivity contribution in [1.82, 2.24) is 15.1 Å². The van der Waals surface area contributed by atoms with Crippen LogP contribution in [0.25, 0.3) is 0 Å². The third kappa shape index (κ3) is 3.01. The molecular weight excluding hydrogens is 304 g/mol. The Hall–Kier alpha value is -2.34. The number of ether oxygens (including phenoxy) is 1. The topological polar surface area (TPSA) is 68.2 Å². The highest BCUT2D eigenvalue weighted by molar-refractivity contribution is 5.94. The summed E-state index contributed by atoms with van der Waals surface area (Å²) in [4.78, 5) is 12.8. The molecule has 1 fully saturated rings. The summed E-state index contributed by atoms with van der Waals surface area (Å²) in [6.07, 6.45) is 3.83. The lowest BCUT2D eigenvalue weighted by Gasteiger charge is -2.19. The van der Waals surface area contributed by atoms with Crippen molar-refractivity contribution in [2.45, 2.75) is 19.8 Å². The van der Waals surface area contributed by atoms with E-state index in [1.807, 2.05) is 45.4 Å². The maximum atomic E-state index is 12.8. The molecule has 6 heteroatoms. The Labute approximate surface area is 142 Å². The number of aromatic nitrogens is 2. The average Bonchev–Trinajstić information content (AvgIpc) is 3.19. The molecule has 1 aliphatic rings. The first-order chi connectivity index (χ1) is 11.5. The summed E-state index contributed by atoms with van der Waals surface area (Å²) in [5, 5.41) is 10.6. The highest BCUT2D eigenvalue weighted by Crippen LogP contribution is 2.32. The van der Waals surface area contributed by atoms with Gasteiger partial charge in [-0.3, -0.25) is 9.48 Å². The monoisotopic (exact) mass is 328 g/mol. The molecule has 24 heavy (non-hydrogen) atoms. The van der Waals surface area contributed by atoms with Crippen molar-refractivity contribution in [1.29, 1.82) is 0 Å². The van der Waals surface area contributed by atoms with Gasteiger partial charge in [-0.15, -0.1) is 0 Å². The molecule has 0 unspecified atom stereocenters. The molecule has 1 aromatic heterocycles. The predicted octanol–water partition coefficient (Wildman–Crippen LogP) is 1.99. The van der Waals surface area contributed by atoms with E-state index in [0.717, 1.165) is 34.7 Å². The van der Waals surface area contributed by atoms with Crippen molar-refractivity contribution in [2.24, 2.45) is 13.0 Å². The lowest BCUT2D eigenvalue weighted by atomic mass is 9.90. The van der Waals surface area contributed by atoms with E-state index in [2.05, 4.69) is 15.7 Å². The Morgan fingerprint density at radius 1 is 1.38 bits per heavy atom. The Morgan fingerprint density at radius 3 is 2.83 bits per heavy atom. The normalized spacial score (nSPS) is 20.2. The summed E-state index contributed by atoms with van der Waals surface area (Å²) >= 11 is 0. The van der Waals surface area contributed by atoms with Gasteiger partial charge in [0.05, 0.1) is 19.2 Å². The van der Waals surface area contributed by atoms with Gasteiger partial charge in [-0.1, -0.05) is 6.07 Å². The molecular formula is C18H24N4O2. The summed E-state index contributed by atoms with van der Waals surface area (Å²) in [6, 6.07) is 3.90. The molecule has 0 aliphatic carbocycles. The number of benzene rings is 1. The number of anilines is 1. The second-order valence-corrected chi connectivity index (χ2v) is 6.40. The van der Waals surface area contributed by atoms with Crippen LogP contribution in [0, 0.1) is 19.8 Å². The van der Waals surface area contributed by atoms with Crippen LogP contribution in [0.15, 0.2) is 24.5 Å². The number of carbonyl (C=O) groups is 1. The summed E-state index contributed by atoms with van der Waals surface area (Å²) in [5.41, 5.74) is 3.92. The molecule has 1 aliphatic heterocycles. The predicted molar refractivity (Wildman–Crippen MR) is 93.4 cm³/mol. The minimum absolute atomic E-state index is 0.0304. The van der Waals surface area contributed by atoms with Crippen LogP contribution in [-0.2, 0) is 11.8 Å². The number of nitrogens with zero attached hydrogens (tertiary/aromatic N) is 2. The molecule has 2 aromatic rings. The van der Waals surface area contributed by atoms with Gasteiger partial charge in [-0.25, -0.2) is 0 Å². The number of methoxy groups -OCH3 is 1. The van der Waals surface area contributed by atoms with Crippen LogP contribution in [-0.4, -0.2) is 35.9 Å². The van der Waals surface area contributed by atoms with Gasteiger partial charge < -0.3 is 15.4 Å². The minimum Gasteiger partial charge on any atom is -0.496 e. The highest BCUT2D eigenvalue weighted by Gasteiger charge is 2.35. The Balaban J connectivity index is 1.80. The quantitative estimate of drug-likeness (QED) is 0.901. The van der Waals surface area contributed by atoms with Gasteiger partial charge in [-0.05, 0) is 31.0 Å². The molecule has 1 amide bonds. The first-order valence-corrected chi connectivity index (χ1v) is 8.15. The van der Waals surface area contributed by atoms with Crippen molar-refractivity contribution in [3.05, 3.63) is 41.2 Å². The van der Waals surface area contributed by atoms with Gasteiger partial charge in [-0.2, -0.15) is 5.10 Å². The van der Waals surface area contributed by atoms with E-state index in [1.165, 1.54) is 0 Å². The molecule has 0 radical (unpaired) electrons. The highest BCUT2D eigenvalue weighted by atomic mass is 16.5. The van der Waals surface area contributed by atoms with Crippen molar-refractivity contribution in [3.63, 3.8) is 0 Å². The first kappa shape index (κ1) is 16.5. The van der Waals surface area contributed by atoms with Gasteiger partial charge in [0.1, 0.15) is 5.75 Å². The Bertz CT molecular complexity index is 753. The fourth-order valence-electron chi connectivity index (χ4n) is 3.44. The van der Waals surface area contributed by atoms with E-state index in [-0.39, 0.29) is 17.7 Å². The number of hydrogen-bond acceptors (Lipinski definition) is 4. The summed E-state index contributed by atoms with van der Waals surface area (Å²) in [7, 11) is 3.54. The first-order valence-electron chi connectivity index (χ1n) is 8.15. The van der Waals surface area contributed by atoms with E-state index in [0.29, 0.717) is 6.54 Å². The average molecular weight is 328 g/mol. The van der Waals surface area contributed by atoms with Gasteiger partial charge in [0.15, 0.2) is 0 Å². The lowest BCUT2D eigenvalue weighted by molar-refractivity contribution is -0.119. The van der Waals surface area contributed by atoms with Gasteiger partial charge in [0, 0.05) is 43.5 Å². The molecule has 0 bridgehead atoms. The molecule has 128 valence electrons. The smallest absolute Gasteiger partial charge is 0.229 e. The Kier molecular flexibility index (Phi) is 4.57. The van der Waals surface area contributed by atoms with Crippen molar-refractivity contribution >= 4 is 11.6 Å². The molecule has 0 spiro atoms. The number of aryl methyl sites for hydroxylation is 2. The van der Waals surface area contributed by atoms with Crippen molar-refractivity contribution in [2.75, 3.05) is 25.5 Å². The molecule has 1 aromatic carbocycles. The fourth-order valence-corrected chi connectivity index (χ4v) is 3.44. The standard InChI is InChI=1S/C18H24N4O2/c1-11-5-6-16(12(2)17(11)24-4)21-18(23)15-9-19-8-14(15)13-7-20-22(3)10-13/h5-7,10,14-15,19H,8-9H2,1-4H3,(H,21,23)/t14-,15+/m1/s1. The van der Waals surface area contributed by atoms with Crippen LogP contribution >= 0.6 is 0 Å². The molecule has 6 nitrogen and oxygen atoms in total. The van der Waals surface area contributed by atoms with Gasteiger partial charge in [0.2, 0.25) is 5.91 Å². The van der Waals surface area contributed by atoms with Gasteiger partial charge >= 0.3 is 0 Å². The third-order valence-corrected chi connectivity index (χ3v) is 4.77. The lowest BCUT2D eigenvalue weighted by Crippen LogP contribution is -2.28. The second-order valence-electron chi connectivity index (χ2n) is 6.40. The van der Waals surface area contributed by atoms with Crippen LogP contribution < -0.4 is 15.4 Å². The zero-order chi connectivity index (χ0) is 17.3. The van der Waals surface area contributed by atoms with E-state index in [4.69, 9.17) is 4.74 Å². The van der Waals surface area contributed by atoms with Crippen LogP contribution in [0.5, 0.6) is 5.75 Å². The largest absolute Gasteiger partial charge is 0.496 e. The van der Waals surface area contributed by atoms with E-state index >= 15 is 0 Å². The molecule has 3 rings (SSSR count). The van der Waals surface area contributed by atoms with E-state index < -0.39 is 0 Å². The molecule has 2 heterocycles. The number of nitrogens with one attached hydrogen (secondary N) is 2. The second kappa shape index (κ2) is 6.65. The molecule has 1 saturated heterocycles. The zero-order valence-electron chi connectivity index (χ0n) is 14.6. The molecule has 0 saturated carbocycles. The number of hydrogen-bond donors (Lipinski definition) is 2. The Morgan fingerprint density at radius 2 is 2.17 bits per heavy atom. The van der Waals surface area contributed by atoms with Gasteiger partial charge in [0.25, 0.3) is 0 Å². The summed E-state index contributed by atoms with van der Waals surface area (Å²) < 4.78 is 7.22. The van der Waals surface area contributed by atoms with E-state index in [1.54, 1.807) is 11.8 Å². The number of carbonyl (C=O) groups excluding carboxylic acids is 1. The SMILES string of the molecule is COc1c(C)ccc(NC(=O)[C@H]2CNC[C@@H]2c2cnn(C)c2)c1C. The van der Waals surface area contributed by atoms with Crippen molar-refractivity contribution < 1.29 is 9.53 Å². The van der Waals surface area contributed by atoms with Crippen LogP contribution in [0.3, 0.4) is 0 Å². The van der Waals surface area contributed by atoms with Crippen LogP contribution in [0.1, 0.15) is 22.6 Å². The molecule has 2 atom stereocenters. The van der Waals surface area contributed by atoms with Crippen LogP contribution in [0.4, 0.5) is 5.69 Å². The number of amides is 1. The van der Waals surface area contributed by atoms with Crippen LogP contribution in [0.2, 0.25) is 0 Å².